The van der Waals surface area contributed by atoms with Gasteiger partial charge in [0.15, 0.2) is 6.29 Å². The first-order valence-corrected chi connectivity index (χ1v) is 3.42. The molecule has 0 amide bonds. The molecule has 0 aliphatic carbocycles. The molecule has 1 rings (SSSR count). The second-order valence-corrected chi connectivity index (χ2v) is 2.58. The van der Waals surface area contributed by atoms with Crippen LogP contribution >= 0.6 is 0 Å². The molecule has 0 saturated heterocycles. The number of nitrogens with zero attached hydrogens (tertiary/aromatic N) is 1. The van der Waals surface area contributed by atoms with E-state index in [9.17, 15) is 9.59 Å². The monoisotopic (exact) mass is 167 g/mol. The summed E-state index contributed by atoms with van der Waals surface area (Å²) in [5.41, 5.74) is 1.23. The van der Waals surface area contributed by atoms with Crippen LogP contribution in [0.5, 0.6) is 0 Å². The summed E-state index contributed by atoms with van der Waals surface area (Å²) in [4.78, 5) is 21.0. The zero-order valence-corrected chi connectivity index (χ0v) is 6.87. The first-order valence-electron chi connectivity index (χ1n) is 3.42. The second kappa shape index (κ2) is 2.81. The van der Waals surface area contributed by atoms with Crippen molar-refractivity contribution in [3.63, 3.8) is 0 Å². The molecule has 4 heteroatoms. The smallest absolute Gasteiger partial charge is 0.352 e. The number of aldehydes is 1. The number of aromatic carboxylic acids is 1. The van der Waals surface area contributed by atoms with Gasteiger partial charge >= 0.3 is 5.97 Å². The molecule has 0 atom stereocenters. The normalized spacial score (nSPS) is 9.83. The van der Waals surface area contributed by atoms with Gasteiger partial charge in [-0.1, -0.05) is 0 Å². The minimum atomic E-state index is -1.02. The van der Waals surface area contributed by atoms with Gasteiger partial charge in [-0.15, -0.1) is 0 Å². The van der Waals surface area contributed by atoms with Crippen LogP contribution in [-0.4, -0.2) is 21.9 Å². The van der Waals surface area contributed by atoms with Crippen LogP contribution < -0.4 is 0 Å². The summed E-state index contributed by atoms with van der Waals surface area (Å²) < 4.78 is 1.37. The van der Waals surface area contributed by atoms with E-state index in [1.165, 1.54) is 10.6 Å². The summed E-state index contributed by atoms with van der Waals surface area (Å²) >= 11 is 0. The lowest BCUT2D eigenvalue weighted by Gasteiger charge is -1.97. The van der Waals surface area contributed by atoms with Gasteiger partial charge < -0.3 is 9.67 Å². The van der Waals surface area contributed by atoms with Crippen LogP contribution in [0.15, 0.2) is 6.07 Å². The van der Waals surface area contributed by atoms with Crippen LogP contribution in [0.1, 0.15) is 26.5 Å². The summed E-state index contributed by atoms with van der Waals surface area (Å²) in [6, 6.07) is 1.48. The third-order valence-electron chi connectivity index (χ3n) is 1.81. The maximum atomic E-state index is 10.6. The molecule has 0 spiro atoms. The number of carbonyl (C=O) groups is 2. The number of aryl methyl sites for hydroxylation is 1. The van der Waals surface area contributed by atoms with E-state index < -0.39 is 5.97 Å². The Labute approximate surface area is 69.4 Å². The molecular formula is C8H9NO3. The van der Waals surface area contributed by atoms with Crippen LogP contribution in [0.4, 0.5) is 0 Å². The van der Waals surface area contributed by atoms with Crippen LogP contribution in [0.2, 0.25) is 0 Å². The highest BCUT2D eigenvalue weighted by Gasteiger charge is 2.13. The van der Waals surface area contributed by atoms with Crippen LogP contribution in [-0.2, 0) is 7.05 Å². The third-order valence-corrected chi connectivity index (χ3v) is 1.81. The highest BCUT2D eigenvalue weighted by molar-refractivity contribution is 5.89. The fraction of sp³-hybridized carbons (Fsp3) is 0.250. The zero-order chi connectivity index (χ0) is 9.30. The second-order valence-electron chi connectivity index (χ2n) is 2.58. The van der Waals surface area contributed by atoms with Gasteiger partial charge in [0.2, 0.25) is 0 Å². The van der Waals surface area contributed by atoms with Gasteiger partial charge in [0.05, 0.1) is 5.69 Å². The largest absolute Gasteiger partial charge is 0.477 e. The Hall–Kier alpha value is -1.58. The summed E-state index contributed by atoms with van der Waals surface area (Å²) in [5, 5.41) is 8.66. The number of carboxylic acids is 1. The third kappa shape index (κ3) is 1.11. The Balaban J connectivity index is 3.35. The van der Waals surface area contributed by atoms with E-state index in [1.807, 2.05) is 0 Å². The minimum absolute atomic E-state index is 0.134. The summed E-state index contributed by atoms with van der Waals surface area (Å²) in [6.07, 6.45) is 0.655. The first-order chi connectivity index (χ1) is 5.57. The number of carbonyl (C=O) groups excluding carboxylic acids is 1. The molecule has 0 unspecified atom stereocenters. The summed E-state index contributed by atoms with van der Waals surface area (Å²) in [7, 11) is 1.56. The van der Waals surface area contributed by atoms with Crippen LogP contribution in [0.3, 0.4) is 0 Å². The Kier molecular flexibility index (Phi) is 1.99. The van der Waals surface area contributed by atoms with Crippen molar-refractivity contribution in [1.82, 2.24) is 4.57 Å². The summed E-state index contributed by atoms with van der Waals surface area (Å²) in [6.45, 7) is 1.70. The average Bonchev–Trinajstić information content (AvgIpc) is 2.27. The molecule has 12 heavy (non-hydrogen) atoms. The average molecular weight is 167 g/mol. The predicted molar refractivity (Wildman–Crippen MR) is 42.5 cm³/mol. The van der Waals surface area contributed by atoms with Crippen molar-refractivity contribution in [2.45, 2.75) is 6.92 Å². The molecular weight excluding hydrogens is 158 g/mol. The van der Waals surface area contributed by atoms with Crippen LogP contribution in [0, 0.1) is 6.92 Å². The first kappa shape index (κ1) is 8.52. The number of aromatic nitrogens is 1. The van der Waals surface area contributed by atoms with E-state index in [0.717, 1.165) is 0 Å². The van der Waals surface area contributed by atoms with E-state index in [1.54, 1.807) is 14.0 Å². The lowest BCUT2D eigenvalue weighted by atomic mass is 10.3. The van der Waals surface area contributed by atoms with Crippen molar-refractivity contribution in [3.8, 4) is 0 Å². The lowest BCUT2D eigenvalue weighted by Crippen LogP contribution is -2.06. The Morgan fingerprint density at radius 3 is 2.50 bits per heavy atom. The predicted octanol–water partition coefficient (Wildman–Crippen LogP) is 0.844. The number of carboxylic acid groups (broad SMARTS) is 1. The molecule has 0 aliphatic heterocycles. The van der Waals surface area contributed by atoms with E-state index in [-0.39, 0.29) is 5.69 Å². The highest BCUT2D eigenvalue weighted by Crippen LogP contribution is 2.11. The van der Waals surface area contributed by atoms with Gasteiger partial charge in [-0.25, -0.2) is 4.79 Å². The van der Waals surface area contributed by atoms with Crippen molar-refractivity contribution < 1.29 is 14.7 Å². The van der Waals surface area contributed by atoms with Gasteiger partial charge in [-0.05, 0) is 18.6 Å². The topological polar surface area (TPSA) is 59.3 Å². The molecule has 0 fully saturated rings. The Morgan fingerprint density at radius 1 is 1.67 bits per heavy atom. The number of hydrogen-bond acceptors (Lipinski definition) is 2. The van der Waals surface area contributed by atoms with Gasteiger partial charge in [-0.2, -0.15) is 0 Å². The molecule has 0 bridgehead atoms. The quantitative estimate of drug-likeness (QED) is 0.664. The molecule has 0 aromatic carbocycles. The fourth-order valence-corrected chi connectivity index (χ4v) is 1.15. The van der Waals surface area contributed by atoms with E-state index in [0.29, 0.717) is 17.5 Å². The Bertz CT molecular complexity index is 338. The van der Waals surface area contributed by atoms with Crippen LogP contribution in [0.25, 0.3) is 0 Å². The van der Waals surface area contributed by atoms with Gasteiger partial charge in [0.1, 0.15) is 5.69 Å². The number of rotatable bonds is 2. The zero-order valence-electron chi connectivity index (χ0n) is 6.87. The molecule has 1 N–H and O–H groups in total. The van der Waals surface area contributed by atoms with Gasteiger partial charge in [0, 0.05) is 7.05 Å². The Morgan fingerprint density at radius 2 is 2.25 bits per heavy atom. The minimum Gasteiger partial charge on any atom is -0.477 e. The number of hydrogen-bond donors (Lipinski definition) is 1. The molecule has 1 aromatic heterocycles. The van der Waals surface area contributed by atoms with Crippen molar-refractivity contribution in [3.05, 3.63) is 23.0 Å². The SMILES string of the molecule is Cc1cc(C(=O)O)n(C)c1C=O. The molecule has 64 valence electrons. The van der Waals surface area contributed by atoms with Crippen molar-refractivity contribution in [2.75, 3.05) is 0 Å². The molecule has 1 heterocycles. The molecule has 1 aromatic rings. The van der Waals surface area contributed by atoms with E-state index in [4.69, 9.17) is 5.11 Å². The van der Waals surface area contributed by atoms with Gasteiger partial charge in [0.25, 0.3) is 0 Å². The maximum Gasteiger partial charge on any atom is 0.352 e. The molecule has 0 radical (unpaired) electrons. The van der Waals surface area contributed by atoms with Crippen molar-refractivity contribution in [2.24, 2.45) is 7.05 Å². The van der Waals surface area contributed by atoms with E-state index in [2.05, 4.69) is 0 Å². The van der Waals surface area contributed by atoms with Gasteiger partial charge in [-0.3, -0.25) is 4.79 Å². The maximum absolute atomic E-state index is 10.6. The molecule has 0 saturated carbocycles. The standard InChI is InChI=1S/C8H9NO3/c1-5-3-6(8(11)12)9(2)7(5)4-10/h3-4H,1-2H3,(H,11,12). The fourth-order valence-electron chi connectivity index (χ4n) is 1.15. The lowest BCUT2D eigenvalue weighted by molar-refractivity contribution is 0.0686. The molecule has 4 nitrogen and oxygen atoms in total. The van der Waals surface area contributed by atoms with Crippen molar-refractivity contribution in [1.29, 1.82) is 0 Å². The highest BCUT2D eigenvalue weighted by atomic mass is 16.4. The molecule has 0 aliphatic rings. The summed E-state index contributed by atoms with van der Waals surface area (Å²) in [5.74, 6) is -1.02. The van der Waals surface area contributed by atoms with E-state index >= 15 is 0 Å². The van der Waals surface area contributed by atoms with Crippen molar-refractivity contribution >= 4 is 12.3 Å².